The number of nitrogens with zero attached hydrogens (tertiary/aromatic N) is 1. The van der Waals surface area contributed by atoms with Gasteiger partial charge in [-0.15, -0.1) is 11.3 Å². The minimum absolute atomic E-state index is 0.0695. The van der Waals surface area contributed by atoms with E-state index in [9.17, 15) is 9.59 Å². The normalized spacial score (nSPS) is 22.8. The molecule has 1 aliphatic carbocycles. The highest BCUT2D eigenvalue weighted by atomic mass is 32.1. The van der Waals surface area contributed by atoms with Crippen molar-refractivity contribution in [1.82, 2.24) is 10.2 Å². The van der Waals surface area contributed by atoms with E-state index in [0.717, 1.165) is 31.2 Å². The zero-order chi connectivity index (χ0) is 16.6. The lowest BCUT2D eigenvalue weighted by atomic mass is 9.80. The summed E-state index contributed by atoms with van der Waals surface area (Å²) >= 11 is 1.68. The van der Waals surface area contributed by atoms with E-state index in [4.69, 9.17) is 0 Å². The highest BCUT2D eigenvalue weighted by Crippen LogP contribution is 2.42. The summed E-state index contributed by atoms with van der Waals surface area (Å²) in [7, 11) is 0. The molecule has 3 amide bonds. The summed E-state index contributed by atoms with van der Waals surface area (Å²) in [4.78, 5) is 28.1. The summed E-state index contributed by atoms with van der Waals surface area (Å²) in [5, 5.41) is 5.03. The fourth-order valence-electron chi connectivity index (χ4n) is 3.83. The summed E-state index contributed by atoms with van der Waals surface area (Å²) in [5.74, 6) is -0.0695. The van der Waals surface area contributed by atoms with Gasteiger partial charge < -0.3 is 5.32 Å². The minimum Gasteiger partial charge on any atom is -0.319 e. The Labute approximate surface area is 145 Å². The third-order valence-corrected chi connectivity index (χ3v) is 6.01. The summed E-state index contributed by atoms with van der Waals surface area (Å²) in [6, 6.07) is 11.9. The molecule has 1 spiro atoms. The molecular formula is C19H20N2O2S. The van der Waals surface area contributed by atoms with E-state index in [2.05, 4.69) is 17.4 Å². The van der Waals surface area contributed by atoms with E-state index < -0.39 is 5.54 Å². The van der Waals surface area contributed by atoms with E-state index in [0.29, 0.717) is 13.0 Å². The molecule has 1 N–H and O–H groups in total. The molecule has 2 aromatic rings. The number of rotatable bonds is 4. The summed E-state index contributed by atoms with van der Waals surface area (Å²) in [6.45, 7) is 0.473. The van der Waals surface area contributed by atoms with Gasteiger partial charge >= 0.3 is 6.03 Å². The van der Waals surface area contributed by atoms with Crippen molar-refractivity contribution in [2.45, 2.75) is 37.6 Å². The lowest BCUT2D eigenvalue weighted by Crippen LogP contribution is -2.46. The highest BCUT2D eigenvalue weighted by Gasteiger charge is 2.53. The number of aryl methyl sites for hydroxylation is 2. The maximum Gasteiger partial charge on any atom is 0.325 e. The molecule has 1 aromatic carbocycles. The van der Waals surface area contributed by atoms with Gasteiger partial charge in [0, 0.05) is 17.0 Å². The van der Waals surface area contributed by atoms with Gasteiger partial charge in [0.25, 0.3) is 5.91 Å². The Morgan fingerprint density at radius 3 is 2.83 bits per heavy atom. The average Bonchev–Trinajstić information content (AvgIpc) is 3.16. The van der Waals surface area contributed by atoms with Crippen LogP contribution in [0.4, 0.5) is 4.79 Å². The van der Waals surface area contributed by atoms with Crippen molar-refractivity contribution in [3.8, 4) is 0 Å². The Balaban J connectivity index is 1.49. The lowest BCUT2D eigenvalue weighted by Gasteiger charge is -2.31. The zero-order valence-corrected chi connectivity index (χ0v) is 14.3. The van der Waals surface area contributed by atoms with Gasteiger partial charge in [0.05, 0.1) is 0 Å². The predicted molar refractivity (Wildman–Crippen MR) is 93.9 cm³/mol. The first-order valence-electron chi connectivity index (χ1n) is 8.45. The number of thiophene rings is 1. The van der Waals surface area contributed by atoms with Crippen molar-refractivity contribution in [3.63, 3.8) is 0 Å². The predicted octanol–water partition coefficient (Wildman–Crippen LogP) is 3.46. The van der Waals surface area contributed by atoms with E-state index in [1.54, 1.807) is 11.3 Å². The fourth-order valence-corrected chi connectivity index (χ4v) is 4.83. The number of fused-ring (bicyclic) bond motifs is 2. The Hall–Kier alpha value is -2.14. The molecule has 1 unspecified atom stereocenters. The standard InChI is InChI=1S/C19H20N2O2S/c22-17-19(11-4-9-16-15(19)10-13-24-16)20-18(23)21(17)12-5-8-14-6-2-1-3-7-14/h1-3,6-7,10,13H,4-5,8-9,11-12H2,(H,20,23). The van der Waals surface area contributed by atoms with Crippen LogP contribution in [-0.2, 0) is 23.2 Å². The summed E-state index contributed by atoms with van der Waals surface area (Å²) in [5.41, 5.74) is 1.44. The van der Waals surface area contributed by atoms with E-state index >= 15 is 0 Å². The lowest BCUT2D eigenvalue weighted by molar-refractivity contribution is -0.132. The summed E-state index contributed by atoms with van der Waals surface area (Å²) in [6.07, 6.45) is 4.31. The van der Waals surface area contributed by atoms with Crippen LogP contribution >= 0.6 is 11.3 Å². The number of nitrogens with one attached hydrogen (secondary N) is 1. The molecule has 0 radical (unpaired) electrons. The van der Waals surface area contributed by atoms with Crippen LogP contribution in [0.5, 0.6) is 0 Å². The van der Waals surface area contributed by atoms with E-state index in [-0.39, 0.29) is 11.9 Å². The van der Waals surface area contributed by atoms with Crippen molar-refractivity contribution < 1.29 is 9.59 Å². The number of benzene rings is 1. The van der Waals surface area contributed by atoms with Crippen LogP contribution < -0.4 is 5.32 Å². The molecule has 0 saturated carbocycles. The summed E-state index contributed by atoms with van der Waals surface area (Å²) < 4.78 is 0. The largest absolute Gasteiger partial charge is 0.325 e. The SMILES string of the molecule is O=C1NC2(CCCc3sccc32)C(=O)N1CCCc1ccccc1. The molecule has 1 aromatic heterocycles. The Morgan fingerprint density at radius 2 is 2.00 bits per heavy atom. The third kappa shape index (κ3) is 2.44. The molecule has 4 nitrogen and oxygen atoms in total. The van der Waals surface area contributed by atoms with Crippen LogP contribution in [0.3, 0.4) is 0 Å². The molecule has 2 aliphatic rings. The Bertz CT molecular complexity index is 771. The van der Waals surface area contributed by atoms with Crippen LogP contribution in [0, 0.1) is 0 Å². The quantitative estimate of drug-likeness (QED) is 0.867. The van der Waals surface area contributed by atoms with Gasteiger partial charge in [-0.25, -0.2) is 4.79 Å². The molecule has 2 heterocycles. The van der Waals surface area contributed by atoms with Crippen LogP contribution in [0.1, 0.15) is 35.3 Å². The van der Waals surface area contributed by atoms with Crippen molar-refractivity contribution in [2.75, 3.05) is 6.54 Å². The van der Waals surface area contributed by atoms with Gasteiger partial charge in [-0.2, -0.15) is 0 Å². The van der Waals surface area contributed by atoms with Crippen LogP contribution in [0.25, 0.3) is 0 Å². The van der Waals surface area contributed by atoms with E-state index in [1.165, 1.54) is 15.3 Å². The van der Waals surface area contributed by atoms with Gasteiger partial charge in [-0.1, -0.05) is 30.3 Å². The molecule has 124 valence electrons. The molecule has 0 bridgehead atoms. The minimum atomic E-state index is -0.808. The van der Waals surface area contributed by atoms with Gasteiger partial charge in [0.2, 0.25) is 0 Å². The topological polar surface area (TPSA) is 49.4 Å². The molecule has 5 heteroatoms. The maximum absolute atomic E-state index is 13.0. The maximum atomic E-state index is 13.0. The van der Waals surface area contributed by atoms with Gasteiger partial charge in [-0.3, -0.25) is 9.69 Å². The highest BCUT2D eigenvalue weighted by molar-refractivity contribution is 7.10. The first-order valence-corrected chi connectivity index (χ1v) is 9.33. The Morgan fingerprint density at radius 1 is 1.17 bits per heavy atom. The number of carbonyl (C=O) groups is 2. The van der Waals surface area contributed by atoms with Crippen LogP contribution in [0.2, 0.25) is 0 Å². The molecule has 24 heavy (non-hydrogen) atoms. The molecule has 1 atom stereocenters. The van der Waals surface area contributed by atoms with Crippen molar-refractivity contribution in [2.24, 2.45) is 0 Å². The second-order valence-electron chi connectivity index (χ2n) is 6.49. The average molecular weight is 340 g/mol. The van der Waals surface area contributed by atoms with Crippen LogP contribution in [0.15, 0.2) is 41.8 Å². The molecule has 4 rings (SSSR count). The van der Waals surface area contributed by atoms with Crippen molar-refractivity contribution in [1.29, 1.82) is 0 Å². The number of carbonyl (C=O) groups excluding carboxylic acids is 2. The number of urea groups is 1. The van der Waals surface area contributed by atoms with Gasteiger partial charge in [-0.05, 0) is 49.1 Å². The molecular weight excluding hydrogens is 320 g/mol. The molecule has 1 aliphatic heterocycles. The zero-order valence-electron chi connectivity index (χ0n) is 13.5. The van der Waals surface area contributed by atoms with E-state index in [1.807, 2.05) is 29.6 Å². The second kappa shape index (κ2) is 6.06. The smallest absolute Gasteiger partial charge is 0.319 e. The fraction of sp³-hybridized carbons (Fsp3) is 0.368. The first kappa shape index (κ1) is 15.4. The monoisotopic (exact) mass is 340 g/mol. The molecule has 1 fully saturated rings. The van der Waals surface area contributed by atoms with Crippen LogP contribution in [-0.4, -0.2) is 23.4 Å². The number of amides is 3. The number of hydrogen-bond acceptors (Lipinski definition) is 3. The first-order chi connectivity index (χ1) is 11.7. The molecule has 1 saturated heterocycles. The van der Waals surface area contributed by atoms with Crippen molar-refractivity contribution in [3.05, 3.63) is 57.8 Å². The third-order valence-electron chi connectivity index (χ3n) is 5.03. The van der Waals surface area contributed by atoms with Gasteiger partial charge in [0.15, 0.2) is 0 Å². The Kier molecular flexibility index (Phi) is 3.88. The van der Waals surface area contributed by atoms with Crippen molar-refractivity contribution >= 4 is 23.3 Å². The number of imide groups is 1. The number of hydrogen-bond donors (Lipinski definition) is 1. The van der Waals surface area contributed by atoms with Gasteiger partial charge in [0.1, 0.15) is 5.54 Å². The second-order valence-corrected chi connectivity index (χ2v) is 7.49.